The summed E-state index contributed by atoms with van der Waals surface area (Å²) in [6.07, 6.45) is 1.47. The topological polar surface area (TPSA) is 85.2 Å². The van der Waals surface area contributed by atoms with Crippen LogP contribution in [0.4, 0.5) is 23.4 Å². The number of carbonyl (C=O) groups is 2. The number of benzene rings is 1. The van der Waals surface area contributed by atoms with Gasteiger partial charge in [-0.05, 0) is 43.1 Å². The van der Waals surface area contributed by atoms with Crippen LogP contribution in [-0.4, -0.2) is 52.4 Å². The molecule has 2 heterocycles. The molecule has 1 unspecified atom stereocenters. The second-order valence-corrected chi connectivity index (χ2v) is 10.0. The summed E-state index contributed by atoms with van der Waals surface area (Å²) >= 11 is 1.38. The lowest BCUT2D eigenvalue weighted by molar-refractivity contribution is -0.153. The molecule has 2 aromatic rings. The average Bonchev–Trinajstić information content (AvgIpc) is 3.57. The first kappa shape index (κ1) is 26.3. The number of fused-ring (bicyclic) bond motifs is 1. The third-order valence-corrected chi connectivity index (χ3v) is 6.75. The standard InChI is InChI=1S/C24H28F4N4O3S/c1-36-12-19(33)30-22-20-17(31-32(22)10-9-14-5-6-14)11-16(29-23(20)34)8-7-15-3-2-4-18(21(15)25)35-13-24(26,27)28/h2-4,14,16H,5-13H2,1H3,(H,29,34)(H,30,33). The van der Waals surface area contributed by atoms with Gasteiger partial charge in [0.25, 0.3) is 5.91 Å². The Balaban J connectivity index is 1.45. The molecule has 36 heavy (non-hydrogen) atoms. The number of anilines is 1. The van der Waals surface area contributed by atoms with Crippen LogP contribution in [0.25, 0.3) is 0 Å². The zero-order chi connectivity index (χ0) is 25.9. The van der Waals surface area contributed by atoms with E-state index in [0.717, 1.165) is 12.5 Å². The van der Waals surface area contributed by atoms with Gasteiger partial charge in [0.05, 0.1) is 11.4 Å². The van der Waals surface area contributed by atoms with E-state index in [4.69, 9.17) is 0 Å². The predicted molar refractivity (Wildman–Crippen MR) is 128 cm³/mol. The highest BCUT2D eigenvalue weighted by atomic mass is 32.2. The van der Waals surface area contributed by atoms with Crippen LogP contribution in [-0.2, 0) is 24.2 Å². The number of amides is 2. The maximum atomic E-state index is 14.7. The molecule has 2 N–H and O–H groups in total. The van der Waals surface area contributed by atoms with Crippen LogP contribution in [0, 0.1) is 11.7 Å². The summed E-state index contributed by atoms with van der Waals surface area (Å²) in [4.78, 5) is 25.3. The molecule has 1 aliphatic carbocycles. The van der Waals surface area contributed by atoms with Gasteiger partial charge < -0.3 is 15.4 Å². The molecule has 0 bridgehead atoms. The minimum absolute atomic E-state index is 0.190. The van der Waals surface area contributed by atoms with Gasteiger partial charge in [-0.2, -0.15) is 30.0 Å². The lowest BCUT2D eigenvalue weighted by atomic mass is 9.96. The first-order valence-electron chi connectivity index (χ1n) is 11.8. The van der Waals surface area contributed by atoms with Crippen LogP contribution in [0.5, 0.6) is 5.75 Å². The maximum Gasteiger partial charge on any atom is 0.422 e. The number of rotatable bonds is 11. The van der Waals surface area contributed by atoms with Crippen LogP contribution < -0.4 is 15.4 Å². The number of aromatic nitrogens is 2. The Bertz CT molecular complexity index is 1120. The van der Waals surface area contributed by atoms with Gasteiger partial charge in [0.15, 0.2) is 18.2 Å². The molecule has 7 nitrogen and oxygen atoms in total. The van der Waals surface area contributed by atoms with Gasteiger partial charge in [-0.25, -0.2) is 9.07 Å². The summed E-state index contributed by atoms with van der Waals surface area (Å²) in [6, 6.07) is 3.73. The van der Waals surface area contributed by atoms with Crippen LogP contribution in [0.3, 0.4) is 0 Å². The normalized spacial score (nSPS) is 17.5. The van der Waals surface area contributed by atoms with Crippen LogP contribution in [0.1, 0.15) is 47.3 Å². The first-order valence-corrected chi connectivity index (χ1v) is 13.2. The van der Waals surface area contributed by atoms with E-state index in [9.17, 15) is 27.2 Å². The van der Waals surface area contributed by atoms with Crippen molar-refractivity contribution in [2.24, 2.45) is 5.92 Å². The molecule has 0 saturated heterocycles. The molecule has 12 heteroatoms. The minimum Gasteiger partial charge on any atom is -0.481 e. The Morgan fingerprint density at radius 3 is 2.78 bits per heavy atom. The second-order valence-electron chi connectivity index (χ2n) is 9.15. The highest BCUT2D eigenvalue weighted by Gasteiger charge is 2.33. The third-order valence-electron chi connectivity index (χ3n) is 6.20. The fraction of sp³-hybridized carbons (Fsp3) is 0.542. The first-order chi connectivity index (χ1) is 17.1. The van der Waals surface area contributed by atoms with Crippen LogP contribution in [0.2, 0.25) is 0 Å². The lowest BCUT2D eigenvalue weighted by Crippen LogP contribution is -2.41. The lowest BCUT2D eigenvalue weighted by Gasteiger charge is -2.23. The molecule has 1 fully saturated rings. The van der Waals surface area contributed by atoms with E-state index in [1.165, 1.54) is 36.7 Å². The molecule has 2 amide bonds. The molecular weight excluding hydrogens is 500 g/mol. The molecule has 1 aliphatic heterocycles. The van der Waals surface area contributed by atoms with Crippen LogP contribution >= 0.6 is 11.8 Å². The average molecular weight is 529 g/mol. The summed E-state index contributed by atoms with van der Waals surface area (Å²) in [5, 5.41) is 10.4. The molecular formula is C24H28F4N4O3S. The summed E-state index contributed by atoms with van der Waals surface area (Å²) < 4.78 is 58.3. The van der Waals surface area contributed by atoms with Crippen molar-refractivity contribution < 1.29 is 31.9 Å². The Labute approximate surface area is 210 Å². The van der Waals surface area contributed by atoms with E-state index in [0.29, 0.717) is 42.4 Å². The zero-order valence-corrected chi connectivity index (χ0v) is 20.6. The number of halogens is 4. The number of nitrogens with one attached hydrogen (secondary N) is 2. The third kappa shape index (κ3) is 6.71. The number of nitrogens with zero attached hydrogens (tertiary/aromatic N) is 2. The summed E-state index contributed by atoms with van der Waals surface area (Å²) in [7, 11) is 0. The van der Waals surface area contributed by atoms with Gasteiger partial charge in [-0.15, -0.1) is 0 Å². The molecule has 196 valence electrons. The van der Waals surface area contributed by atoms with E-state index in [1.54, 1.807) is 4.68 Å². The van der Waals surface area contributed by atoms with E-state index in [-0.39, 0.29) is 35.6 Å². The zero-order valence-electron chi connectivity index (χ0n) is 19.8. The number of hydrogen-bond acceptors (Lipinski definition) is 5. The van der Waals surface area contributed by atoms with Crippen LogP contribution in [0.15, 0.2) is 18.2 Å². The number of aryl methyl sites for hydroxylation is 2. The minimum atomic E-state index is -4.57. The van der Waals surface area contributed by atoms with E-state index in [1.807, 2.05) is 6.26 Å². The van der Waals surface area contributed by atoms with Crippen molar-refractivity contribution in [2.75, 3.05) is 23.9 Å². The fourth-order valence-corrected chi connectivity index (χ4v) is 4.59. The number of ether oxygens (including phenoxy) is 1. The van der Waals surface area contributed by atoms with Crippen molar-refractivity contribution in [3.05, 3.63) is 40.8 Å². The van der Waals surface area contributed by atoms with Crippen molar-refractivity contribution in [1.29, 1.82) is 0 Å². The highest BCUT2D eigenvalue weighted by Crippen LogP contribution is 2.34. The van der Waals surface area contributed by atoms with Crippen molar-refractivity contribution in [1.82, 2.24) is 15.1 Å². The second kappa shape index (κ2) is 11.1. The molecule has 1 aromatic carbocycles. The van der Waals surface area contributed by atoms with Gasteiger partial charge in [-0.3, -0.25) is 9.59 Å². The SMILES string of the molecule is CSCC(=O)Nc1c2c(nn1CCC1CC1)CC(CCc1cccc(OCC(F)(F)F)c1F)NC2=O. The van der Waals surface area contributed by atoms with E-state index in [2.05, 4.69) is 20.5 Å². The summed E-state index contributed by atoms with van der Waals surface area (Å²) in [6.45, 7) is -0.978. The summed E-state index contributed by atoms with van der Waals surface area (Å²) in [5.41, 5.74) is 1.13. The fourth-order valence-electron chi connectivity index (χ4n) is 4.26. The van der Waals surface area contributed by atoms with Crippen molar-refractivity contribution in [3.8, 4) is 5.75 Å². The Kier molecular flexibility index (Phi) is 8.11. The van der Waals surface area contributed by atoms with Gasteiger partial charge in [0.2, 0.25) is 5.91 Å². The maximum absolute atomic E-state index is 14.7. The smallest absolute Gasteiger partial charge is 0.422 e. The number of alkyl halides is 3. The Morgan fingerprint density at radius 1 is 1.31 bits per heavy atom. The molecule has 0 spiro atoms. The molecule has 1 saturated carbocycles. The molecule has 4 rings (SSSR count). The number of hydrogen-bond donors (Lipinski definition) is 2. The Hall–Kier alpha value is -2.76. The van der Waals surface area contributed by atoms with Crippen molar-refractivity contribution in [3.63, 3.8) is 0 Å². The molecule has 1 atom stereocenters. The van der Waals surface area contributed by atoms with E-state index < -0.39 is 24.3 Å². The Morgan fingerprint density at radius 2 is 2.08 bits per heavy atom. The van der Waals surface area contributed by atoms with E-state index >= 15 is 0 Å². The molecule has 1 aromatic heterocycles. The monoisotopic (exact) mass is 528 g/mol. The highest BCUT2D eigenvalue weighted by molar-refractivity contribution is 7.99. The quantitative estimate of drug-likeness (QED) is 0.424. The van der Waals surface area contributed by atoms with Crippen molar-refractivity contribution >= 4 is 29.4 Å². The van der Waals surface area contributed by atoms with Gasteiger partial charge in [0, 0.05) is 19.0 Å². The van der Waals surface area contributed by atoms with Gasteiger partial charge in [0.1, 0.15) is 11.4 Å². The van der Waals surface area contributed by atoms with Gasteiger partial charge >= 0.3 is 6.18 Å². The largest absolute Gasteiger partial charge is 0.481 e. The molecule has 2 aliphatic rings. The number of carbonyl (C=O) groups excluding carboxylic acids is 2. The predicted octanol–water partition coefficient (Wildman–Crippen LogP) is 4.35. The number of thioether (sulfide) groups is 1. The summed E-state index contributed by atoms with van der Waals surface area (Å²) in [5.74, 6) is -0.566. The van der Waals surface area contributed by atoms with Crippen molar-refractivity contribution in [2.45, 2.75) is 57.3 Å². The molecule has 0 radical (unpaired) electrons. The van der Waals surface area contributed by atoms with Gasteiger partial charge in [-0.1, -0.05) is 25.0 Å².